The number of amides is 2. The molecule has 2 aromatic rings. The Morgan fingerprint density at radius 3 is 1.80 bits per heavy atom. The molecule has 0 fully saturated rings. The Hall–Kier alpha value is -3.14. The van der Waals surface area contributed by atoms with E-state index in [1.807, 2.05) is 60.7 Å². The summed E-state index contributed by atoms with van der Waals surface area (Å²) in [5, 5.41) is 38.6. The van der Waals surface area contributed by atoms with E-state index in [2.05, 4.69) is 16.0 Å². The minimum absolute atomic E-state index is 0.0505. The van der Waals surface area contributed by atoms with Crippen molar-refractivity contribution in [2.45, 2.75) is 63.5 Å². The molecule has 2 aromatic carbocycles. The number of aliphatic hydroxyl groups excluding tert-OH is 2. The van der Waals surface area contributed by atoms with Crippen molar-refractivity contribution >= 4 is 12.2 Å². The van der Waals surface area contributed by atoms with E-state index >= 15 is 0 Å². The molecule has 0 bridgehead atoms. The van der Waals surface area contributed by atoms with Crippen LogP contribution in [0.1, 0.15) is 31.9 Å². The van der Waals surface area contributed by atoms with Crippen molar-refractivity contribution in [1.29, 1.82) is 0 Å². The number of aliphatic hydroxyl groups is 2. The van der Waals surface area contributed by atoms with E-state index in [4.69, 9.17) is 9.84 Å². The molecule has 0 saturated carbocycles. The second-order valence-electron chi connectivity index (χ2n) is 9.47. The van der Waals surface area contributed by atoms with Crippen molar-refractivity contribution in [2.24, 2.45) is 0 Å². The molecule has 0 aliphatic carbocycles. The maximum Gasteiger partial charge on any atom is 0.407 e. The number of carbonyl (C=O) groups is 2. The Balaban J connectivity index is 2.10. The van der Waals surface area contributed by atoms with Gasteiger partial charge in [0.2, 0.25) is 0 Å². The van der Waals surface area contributed by atoms with Gasteiger partial charge in [0.15, 0.2) is 0 Å². The fourth-order valence-electron chi connectivity index (χ4n) is 3.57. The molecule has 192 valence electrons. The molecule has 0 aliphatic heterocycles. The van der Waals surface area contributed by atoms with Gasteiger partial charge in [-0.05, 0) is 44.7 Å². The lowest BCUT2D eigenvalue weighted by Crippen LogP contribution is -2.54. The van der Waals surface area contributed by atoms with E-state index < -0.39 is 42.1 Å². The predicted octanol–water partition coefficient (Wildman–Crippen LogP) is 2.31. The first-order valence-electron chi connectivity index (χ1n) is 11.7. The number of carboxylic acid groups (broad SMARTS) is 1. The Kier molecular flexibility index (Phi) is 11.0. The molecular formula is C26H37N3O6. The SMILES string of the molecule is CC(C)(C)OC(=O)NC(Cc1ccccc1)C(O)CN[C@@H](Cc1ccccc1)[C@H](O)CNC(=O)O. The Morgan fingerprint density at radius 1 is 0.829 bits per heavy atom. The van der Waals surface area contributed by atoms with Gasteiger partial charge in [-0.1, -0.05) is 60.7 Å². The fourth-order valence-corrected chi connectivity index (χ4v) is 3.57. The van der Waals surface area contributed by atoms with Crippen molar-refractivity contribution < 1.29 is 29.6 Å². The first-order valence-corrected chi connectivity index (χ1v) is 11.7. The summed E-state index contributed by atoms with van der Waals surface area (Å²) in [6.07, 6.45) is -3.13. The highest BCUT2D eigenvalue weighted by Crippen LogP contribution is 2.12. The molecule has 9 nitrogen and oxygen atoms in total. The smallest absolute Gasteiger partial charge is 0.407 e. The van der Waals surface area contributed by atoms with Crippen LogP contribution < -0.4 is 16.0 Å². The average molecular weight is 488 g/mol. The summed E-state index contributed by atoms with van der Waals surface area (Å²) in [7, 11) is 0. The van der Waals surface area contributed by atoms with Crippen LogP contribution in [-0.2, 0) is 17.6 Å². The molecule has 2 amide bonds. The molecular weight excluding hydrogens is 450 g/mol. The molecule has 4 atom stereocenters. The molecule has 0 saturated heterocycles. The number of ether oxygens (including phenoxy) is 1. The Labute approximate surface area is 206 Å². The van der Waals surface area contributed by atoms with Crippen molar-refractivity contribution in [2.75, 3.05) is 13.1 Å². The molecule has 0 aromatic heterocycles. The molecule has 6 N–H and O–H groups in total. The summed E-state index contributed by atoms with van der Waals surface area (Å²) in [6, 6.07) is 17.7. The normalized spacial score (nSPS) is 14.9. The summed E-state index contributed by atoms with van der Waals surface area (Å²) in [4.78, 5) is 23.3. The van der Waals surface area contributed by atoms with Crippen molar-refractivity contribution in [3.8, 4) is 0 Å². The highest BCUT2D eigenvalue weighted by Gasteiger charge is 2.27. The van der Waals surface area contributed by atoms with Crippen LogP contribution in [0.2, 0.25) is 0 Å². The quantitative estimate of drug-likeness (QED) is 0.270. The molecule has 2 unspecified atom stereocenters. The molecule has 35 heavy (non-hydrogen) atoms. The van der Waals surface area contributed by atoms with E-state index in [1.54, 1.807) is 20.8 Å². The van der Waals surface area contributed by atoms with Crippen LogP contribution >= 0.6 is 0 Å². The fraction of sp³-hybridized carbons (Fsp3) is 0.462. The summed E-state index contributed by atoms with van der Waals surface area (Å²) >= 11 is 0. The van der Waals surface area contributed by atoms with Crippen molar-refractivity contribution in [3.63, 3.8) is 0 Å². The topological polar surface area (TPSA) is 140 Å². The third kappa shape index (κ3) is 11.2. The zero-order valence-electron chi connectivity index (χ0n) is 20.5. The zero-order chi connectivity index (χ0) is 25.8. The summed E-state index contributed by atoms with van der Waals surface area (Å²) < 4.78 is 5.37. The Bertz CT molecular complexity index is 904. The van der Waals surface area contributed by atoms with Gasteiger partial charge in [0, 0.05) is 19.1 Å². The van der Waals surface area contributed by atoms with Crippen LogP contribution in [0.15, 0.2) is 60.7 Å². The van der Waals surface area contributed by atoms with Crippen LogP contribution in [0.4, 0.5) is 9.59 Å². The van der Waals surface area contributed by atoms with Crippen LogP contribution in [0, 0.1) is 0 Å². The first-order chi connectivity index (χ1) is 16.5. The minimum atomic E-state index is -1.23. The van der Waals surface area contributed by atoms with Crippen molar-refractivity contribution in [1.82, 2.24) is 16.0 Å². The second kappa shape index (κ2) is 13.7. The highest BCUT2D eigenvalue weighted by molar-refractivity contribution is 5.68. The van der Waals surface area contributed by atoms with E-state index in [-0.39, 0.29) is 13.1 Å². The monoisotopic (exact) mass is 487 g/mol. The number of carbonyl (C=O) groups excluding carboxylic acids is 1. The third-order valence-corrected chi connectivity index (χ3v) is 5.28. The predicted molar refractivity (Wildman–Crippen MR) is 133 cm³/mol. The number of nitrogens with one attached hydrogen (secondary N) is 3. The molecule has 0 spiro atoms. The van der Waals surface area contributed by atoms with Crippen LogP contribution in [0.25, 0.3) is 0 Å². The zero-order valence-corrected chi connectivity index (χ0v) is 20.5. The number of hydrogen-bond donors (Lipinski definition) is 6. The first kappa shape index (κ1) is 28.1. The lowest BCUT2D eigenvalue weighted by atomic mass is 9.98. The van der Waals surface area contributed by atoms with Gasteiger partial charge in [-0.3, -0.25) is 0 Å². The largest absolute Gasteiger partial charge is 0.465 e. The van der Waals surface area contributed by atoms with Gasteiger partial charge in [0.25, 0.3) is 0 Å². The maximum atomic E-state index is 12.4. The highest BCUT2D eigenvalue weighted by atomic mass is 16.6. The van der Waals surface area contributed by atoms with Gasteiger partial charge in [-0.2, -0.15) is 0 Å². The van der Waals surface area contributed by atoms with E-state index in [0.29, 0.717) is 12.8 Å². The van der Waals surface area contributed by atoms with E-state index in [9.17, 15) is 19.8 Å². The molecule has 9 heteroatoms. The second-order valence-corrected chi connectivity index (χ2v) is 9.47. The van der Waals surface area contributed by atoms with E-state index in [1.165, 1.54) is 0 Å². The van der Waals surface area contributed by atoms with Gasteiger partial charge in [-0.15, -0.1) is 0 Å². The minimum Gasteiger partial charge on any atom is -0.465 e. The summed E-state index contributed by atoms with van der Waals surface area (Å²) in [6.45, 7) is 5.17. The number of alkyl carbamates (subject to hydrolysis) is 1. The third-order valence-electron chi connectivity index (χ3n) is 5.28. The molecule has 0 radical (unpaired) electrons. The number of rotatable bonds is 12. The number of hydrogen-bond acceptors (Lipinski definition) is 6. The number of benzene rings is 2. The van der Waals surface area contributed by atoms with Crippen LogP contribution in [0.5, 0.6) is 0 Å². The van der Waals surface area contributed by atoms with Gasteiger partial charge < -0.3 is 36.0 Å². The van der Waals surface area contributed by atoms with Gasteiger partial charge in [-0.25, -0.2) is 9.59 Å². The lowest BCUT2D eigenvalue weighted by molar-refractivity contribution is 0.0408. The maximum absolute atomic E-state index is 12.4. The molecule has 0 aliphatic rings. The average Bonchev–Trinajstić information content (AvgIpc) is 2.79. The van der Waals surface area contributed by atoms with Gasteiger partial charge in [0.05, 0.1) is 18.2 Å². The van der Waals surface area contributed by atoms with Gasteiger partial charge >= 0.3 is 12.2 Å². The van der Waals surface area contributed by atoms with Gasteiger partial charge in [0.1, 0.15) is 5.60 Å². The Morgan fingerprint density at radius 2 is 1.31 bits per heavy atom. The van der Waals surface area contributed by atoms with E-state index in [0.717, 1.165) is 11.1 Å². The van der Waals surface area contributed by atoms with Crippen molar-refractivity contribution in [3.05, 3.63) is 71.8 Å². The molecule has 0 heterocycles. The lowest BCUT2D eigenvalue weighted by Gasteiger charge is -2.30. The summed E-state index contributed by atoms with van der Waals surface area (Å²) in [5.74, 6) is 0. The standard InChI is InChI=1S/C26H37N3O6/c1-26(2,3)35-25(34)29-21(15-19-12-8-5-9-13-19)23(31)16-27-20(22(30)17-28-24(32)33)14-18-10-6-4-7-11-18/h4-13,20-23,27-28,30-31H,14-17H2,1-3H3,(H,29,34)(H,32,33)/t20-,21?,22+,23?/m0/s1. The summed E-state index contributed by atoms with van der Waals surface area (Å²) in [5.41, 5.74) is 1.19. The molecule has 2 rings (SSSR count). The van der Waals surface area contributed by atoms with Crippen LogP contribution in [0.3, 0.4) is 0 Å². The van der Waals surface area contributed by atoms with Crippen LogP contribution in [-0.4, -0.2) is 70.5 Å².